The molecule has 7 heteroatoms. The molecule has 1 N–H and O–H groups in total. The second kappa shape index (κ2) is 7.81. The van der Waals surface area contributed by atoms with E-state index in [2.05, 4.69) is 15.3 Å². The predicted octanol–water partition coefficient (Wildman–Crippen LogP) is 5.24. The van der Waals surface area contributed by atoms with Gasteiger partial charge in [-0.25, -0.2) is 18.4 Å². The van der Waals surface area contributed by atoms with Crippen molar-refractivity contribution < 1.29 is 8.42 Å². The Morgan fingerprint density at radius 1 is 0.931 bits per heavy atom. The highest BCUT2D eigenvalue weighted by molar-refractivity contribution is 7.89. The third kappa shape index (κ3) is 4.72. The van der Waals surface area contributed by atoms with Crippen LogP contribution < -0.4 is 5.32 Å². The van der Waals surface area contributed by atoms with Crippen LogP contribution in [0.3, 0.4) is 0 Å². The van der Waals surface area contributed by atoms with Crippen molar-refractivity contribution in [2.45, 2.75) is 5.75 Å². The summed E-state index contributed by atoms with van der Waals surface area (Å²) in [6.07, 6.45) is 2.75. The zero-order valence-electron chi connectivity index (χ0n) is 15.6. The Hall–Kier alpha value is -2.96. The van der Waals surface area contributed by atoms with Gasteiger partial charge in [0.2, 0.25) is 0 Å². The van der Waals surface area contributed by atoms with E-state index in [1.807, 2.05) is 66.7 Å². The molecule has 0 bridgehead atoms. The standard InChI is InChI=1S/C22H18ClN3O2S/c1-29(27,28)13-15-4-2-5-16(10-15)17-8-9-21-20(11-17)22(25-14-24-21)26-19-7-3-6-18(23)12-19/h2-12,14H,13H2,1H3,(H,24,25,26). The van der Waals surface area contributed by atoms with Gasteiger partial charge < -0.3 is 5.32 Å². The van der Waals surface area contributed by atoms with Crippen LogP contribution >= 0.6 is 11.6 Å². The maximum atomic E-state index is 11.6. The molecule has 0 atom stereocenters. The molecule has 4 rings (SSSR count). The number of benzene rings is 3. The molecule has 0 aliphatic heterocycles. The van der Waals surface area contributed by atoms with Gasteiger partial charge in [-0.15, -0.1) is 0 Å². The van der Waals surface area contributed by atoms with E-state index in [4.69, 9.17) is 11.6 Å². The lowest BCUT2D eigenvalue weighted by molar-refractivity contribution is 0.601. The highest BCUT2D eigenvalue weighted by Gasteiger charge is 2.09. The average molecular weight is 424 g/mol. The van der Waals surface area contributed by atoms with Gasteiger partial charge in [0, 0.05) is 22.4 Å². The zero-order valence-corrected chi connectivity index (χ0v) is 17.2. The molecule has 29 heavy (non-hydrogen) atoms. The molecule has 0 saturated heterocycles. The summed E-state index contributed by atoms with van der Waals surface area (Å²) in [5.74, 6) is 0.686. The normalized spacial score (nSPS) is 11.5. The Morgan fingerprint density at radius 3 is 2.52 bits per heavy atom. The van der Waals surface area contributed by atoms with E-state index in [0.717, 1.165) is 33.3 Å². The maximum absolute atomic E-state index is 11.6. The van der Waals surface area contributed by atoms with Crippen LogP contribution in [0, 0.1) is 0 Å². The van der Waals surface area contributed by atoms with Gasteiger partial charge in [0.1, 0.15) is 12.1 Å². The third-order valence-corrected chi connectivity index (χ3v) is 5.50. The van der Waals surface area contributed by atoms with Gasteiger partial charge in [-0.1, -0.05) is 48.0 Å². The molecule has 0 saturated carbocycles. The highest BCUT2D eigenvalue weighted by Crippen LogP contribution is 2.29. The zero-order chi connectivity index (χ0) is 20.4. The Labute approximate surface area is 174 Å². The molecule has 146 valence electrons. The topological polar surface area (TPSA) is 72.0 Å². The van der Waals surface area contributed by atoms with Crippen LogP contribution in [0.5, 0.6) is 0 Å². The largest absolute Gasteiger partial charge is 0.340 e. The molecule has 5 nitrogen and oxygen atoms in total. The first-order chi connectivity index (χ1) is 13.9. The number of rotatable bonds is 5. The van der Waals surface area contributed by atoms with Crippen LogP contribution in [0.4, 0.5) is 11.5 Å². The number of halogens is 1. The lowest BCUT2D eigenvalue weighted by Crippen LogP contribution is -2.00. The number of sulfone groups is 1. The van der Waals surface area contributed by atoms with Crippen LogP contribution in [0.1, 0.15) is 5.56 Å². The van der Waals surface area contributed by atoms with E-state index in [1.165, 1.54) is 12.6 Å². The first kappa shape index (κ1) is 19.4. The fraction of sp³-hybridized carbons (Fsp3) is 0.0909. The molecule has 4 aromatic rings. The summed E-state index contributed by atoms with van der Waals surface area (Å²) < 4.78 is 23.3. The number of hydrogen-bond donors (Lipinski definition) is 1. The van der Waals surface area contributed by atoms with Gasteiger partial charge in [0.05, 0.1) is 11.3 Å². The Kier molecular flexibility index (Phi) is 5.22. The van der Waals surface area contributed by atoms with Crippen molar-refractivity contribution in [3.8, 4) is 11.1 Å². The maximum Gasteiger partial charge on any atom is 0.151 e. The molecule has 1 aromatic heterocycles. The quantitative estimate of drug-likeness (QED) is 0.475. The van der Waals surface area contributed by atoms with Crippen LogP contribution in [0.15, 0.2) is 73.1 Å². The second-order valence-corrected chi connectivity index (χ2v) is 9.44. The van der Waals surface area contributed by atoms with Crippen LogP contribution in [0.25, 0.3) is 22.0 Å². The van der Waals surface area contributed by atoms with Gasteiger partial charge in [0.15, 0.2) is 9.84 Å². The van der Waals surface area contributed by atoms with E-state index >= 15 is 0 Å². The minimum atomic E-state index is -3.10. The molecule has 1 heterocycles. The molecule has 0 unspecified atom stereocenters. The molecule has 0 spiro atoms. The van der Waals surface area contributed by atoms with Crippen molar-refractivity contribution >= 4 is 43.8 Å². The number of aromatic nitrogens is 2. The molecule has 0 radical (unpaired) electrons. The number of hydrogen-bond acceptors (Lipinski definition) is 5. The van der Waals surface area contributed by atoms with E-state index < -0.39 is 9.84 Å². The summed E-state index contributed by atoms with van der Waals surface area (Å²) in [6, 6.07) is 20.9. The lowest BCUT2D eigenvalue weighted by Gasteiger charge is -2.11. The summed E-state index contributed by atoms with van der Waals surface area (Å²) in [6.45, 7) is 0. The fourth-order valence-corrected chi connectivity index (χ4v) is 4.16. The summed E-state index contributed by atoms with van der Waals surface area (Å²) in [7, 11) is -3.10. The van der Waals surface area contributed by atoms with E-state index in [-0.39, 0.29) is 5.75 Å². The van der Waals surface area contributed by atoms with Crippen molar-refractivity contribution in [3.63, 3.8) is 0 Å². The van der Waals surface area contributed by atoms with Gasteiger partial charge >= 0.3 is 0 Å². The van der Waals surface area contributed by atoms with Crippen LogP contribution in [0.2, 0.25) is 5.02 Å². The first-order valence-corrected chi connectivity index (χ1v) is 11.4. The monoisotopic (exact) mass is 423 g/mol. The Balaban J connectivity index is 1.75. The van der Waals surface area contributed by atoms with E-state index in [1.54, 1.807) is 0 Å². The molecular weight excluding hydrogens is 406 g/mol. The third-order valence-electron chi connectivity index (χ3n) is 4.41. The Bertz CT molecular complexity index is 1310. The fourth-order valence-electron chi connectivity index (χ4n) is 3.18. The summed E-state index contributed by atoms with van der Waals surface area (Å²) in [5, 5.41) is 4.79. The smallest absolute Gasteiger partial charge is 0.151 e. The van der Waals surface area contributed by atoms with E-state index in [0.29, 0.717) is 10.8 Å². The van der Waals surface area contributed by atoms with Gasteiger partial charge in [-0.3, -0.25) is 0 Å². The number of fused-ring (bicyclic) bond motifs is 1. The van der Waals surface area contributed by atoms with Crippen molar-refractivity contribution in [3.05, 3.63) is 83.6 Å². The van der Waals surface area contributed by atoms with Gasteiger partial charge in [0.25, 0.3) is 0 Å². The van der Waals surface area contributed by atoms with Crippen molar-refractivity contribution in [1.82, 2.24) is 9.97 Å². The van der Waals surface area contributed by atoms with Crippen LogP contribution in [-0.2, 0) is 15.6 Å². The Morgan fingerprint density at radius 2 is 1.72 bits per heavy atom. The van der Waals surface area contributed by atoms with Gasteiger partial charge in [-0.2, -0.15) is 0 Å². The highest BCUT2D eigenvalue weighted by atomic mass is 35.5. The summed E-state index contributed by atoms with van der Waals surface area (Å²) in [5.41, 5.74) is 4.28. The van der Waals surface area contributed by atoms with Crippen LogP contribution in [-0.4, -0.2) is 24.6 Å². The predicted molar refractivity (Wildman–Crippen MR) is 118 cm³/mol. The van der Waals surface area contributed by atoms with Crippen molar-refractivity contribution in [2.75, 3.05) is 11.6 Å². The molecule has 0 amide bonds. The minimum absolute atomic E-state index is 0.0130. The number of nitrogens with zero attached hydrogens (tertiary/aromatic N) is 2. The van der Waals surface area contributed by atoms with Gasteiger partial charge in [-0.05, 0) is 47.0 Å². The second-order valence-electron chi connectivity index (χ2n) is 6.86. The van der Waals surface area contributed by atoms with Crippen molar-refractivity contribution in [1.29, 1.82) is 0 Å². The molecular formula is C22H18ClN3O2S. The SMILES string of the molecule is CS(=O)(=O)Cc1cccc(-c2ccc3ncnc(Nc4cccc(Cl)c4)c3c2)c1. The minimum Gasteiger partial charge on any atom is -0.340 e. The molecule has 0 aliphatic rings. The average Bonchev–Trinajstić information content (AvgIpc) is 2.67. The number of nitrogens with one attached hydrogen (secondary N) is 1. The molecule has 0 fully saturated rings. The molecule has 3 aromatic carbocycles. The lowest BCUT2D eigenvalue weighted by atomic mass is 10.0. The first-order valence-electron chi connectivity index (χ1n) is 8.92. The summed E-state index contributed by atoms with van der Waals surface area (Å²) in [4.78, 5) is 8.73. The summed E-state index contributed by atoms with van der Waals surface area (Å²) >= 11 is 6.08. The van der Waals surface area contributed by atoms with E-state index in [9.17, 15) is 8.42 Å². The van der Waals surface area contributed by atoms with Crippen molar-refractivity contribution in [2.24, 2.45) is 0 Å². The molecule has 0 aliphatic carbocycles. The number of anilines is 2.